The third kappa shape index (κ3) is 11.4. The molecule has 0 unspecified atom stereocenters. The average Bonchev–Trinajstić information content (AvgIpc) is 3.48. The summed E-state index contributed by atoms with van der Waals surface area (Å²) in [7, 11) is 5.22. The molecule has 5 amide bonds. The molecule has 1 N–H and O–H groups in total. The van der Waals surface area contributed by atoms with Gasteiger partial charge in [0, 0.05) is 117 Å². The van der Waals surface area contributed by atoms with Gasteiger partial charge in [0.2, 0.25) is 5.91 Å². The minimum Gasteiger partial charge on any atom is -0.464 e. The van der Waals surface area contributed by atoms with Crippen LogP contribution >= 0.6 is 0 Å². The maximum Gasteiger partial charge on any atom is 0.419 e. The summed E-state index contributed by atoms with van der Waals surface area (Å²) in [5.41, 5.74) is 4.50. The number of nitrogens with one attached hydrogen (secondary N) is 1. The van der Waals surface area contributed by atoms with E-state index in [1.807, 2.05) is 59.0 Å². The number of nitrogens with zero attached hydrogens (tertiary/aromatic N) is 7. The Kier molecular flexibility index (Phi) is 15.6. The predicted molar refractivity (Wildman–Crippen MR) is 238 cm³/mol. The second-order valence-corrected chi connectivity index (χ2v) is 17.5. The number of esters is 1. The fourth-order valence-corrected chi connectivity index (χ4v) is 9.49. The molecule has 0 bridgehead atoms. The van der Waals surface area contributed by atoms with Gasteiger partial charge in [0.15, 0.2) is 11.7 Å². The molecule has 4 aliphatic heterocycles. The van der Waals surface area contributed by atoms with Crippen LogP contribution in [0.1, 0.15) is 55.2 Å². The number of fused-ring (bicyclic) bond motifs is 2. The first kappa shape index (κ1) is 46.5. The van der Waals surface area contributed by atoms with Crippen molar-refractivity contribution in [1.82, 2.24) is 34.0 Å². The molecule has 7 rings (SSSR count). The van der Waals surface area contributed by atoms with E-state index in [1.165, 1.54) is 4.57 Å². The number of hydrogen-bond acceptors (Lipinski definition) is 12. The predicted octanol–water partition coefficient (Wildman–Crippen LogP) is 3.08. The van der Waals surface area contributed by atoms with Crippen LogP contribution in [0.15, 0.2) is 45.6 Å². The van der Waals surface area contributed by atoms with E-state index in [2.05, 4.69) is 10.2 Å². The number of ether oxygens (including phenoxy) is 3. The van der Waals surface area contributed by atoms with Crippen molar-refractivity contribution in [1.29, 1.82) is 0 Å². The average molecular weight is 889 g/mol. The molecule has 2 aromatic carbocycles. The van der Waals surface area contributed by atoms with Crippen LogP contribution < -0.4 is 11.1 Å². The molecular weight excluding hydrogens is 825 g/mol. The van der Waals surface area contributed by atoms with Crippen molar-refractivity contribution in [2.24, 2.45) is 7.05 Å². The number of aryl methyl sites for hydroxylation is 2. The van der Waals surface area contributed by atoms with Gasteiger partial charge in [-0.25, -0.2) is 14.4 Å². The van der Waals surface area contributed by atoms with Gasteiger partial charge in [-0.15, -0.1) is 0 Å². The van der Waals surface area contributed by atoms with E-state index in [1.54, 1.807) is 30.0 Å². The second kappa shape index (κ2) is 21.5. The Morgan fingerprint density at radius 2 is 1.53 bits per heavy atom. The van der Waals surface area contributed by atoms with Crippen molar-refractivity contribution >= 4 is 46.7 Å². The highest BCUT2D eigenvalue weighted by molar-refractivity contribution is 5.91. The highest BCUT2D eigenvalue weighted by Crippen LogP contribution is 2.27. The number of likely N-dealkylation sites (tertiary alicyclic amines) is 2. The van der Waals surface area contributed by atoms with Gasteiger partial charge in [0.25, 0.3) is 5.91 Å². The molecule has 3 aromatic rings. The Hall–Kier alpha value is -5.46. The van der Waals surface area contributed by atoms with Crippen molar-refractivity contribution in [2.45, 2.75) is 76.5 Å². The first-order chi connectivity index (χ1) is 30.9. The molecule has 1 atom stereocenters. The highest BCUT2D eigenvalue weighted by Gasteiger charge is 2.37. The lowest BCUT2D eigenvalue weighted by Crippen LogP contribution is -2.56. The molecule has 1 aromatic heterocycles. The Morgan fingerprint density at radius 1 is 0.844 bits per heavy atom. The minimum atomic E-state index is -1.11. The number of carbonyl (C=O) groups excluding carboxylic acids is 5. The molecule has 3 saturated heterocycles. The third-order valence-electron chi connectivity index (χ3n) is 13.3. The lowest BCUT2D eigenvalue weighted by molar-refractivity contribution is -0.146. The quantitative estimate of drug-likeness (QED) is 0.221. The number of anilines is 1. The maximum absolute atomic E-state index is 14.4. The first-order valence-corrected chi connectivity index (χ1v) is 22.7. The first-order valence-electron chi connectivity index (χ1n) is 22.7. The molecule has 0 saturated carbocycles. The Bertz CT molecular complexity index is 2190. The van der Waals surface area contributed by atoms with Gasteiger partial charge in [-0.3, -0.25) is 23.9 Å². The molecule has 5 heterocycles. The number of hydrogen-bond donors (Lipinski definition) is 1. The van der Waals surface area contributed by atoms with Crippen molar-refractivity contribution in [3.05, 3.63) is 63.6 Å². The lowest BCUT2D eigenvalue weighted by atomic mass is 9.99. The molecule has 0 spiro atoms. The van der Waals surface area contributed by atoms with E-state index < -0.39 is 18.0 Å². The van der Waals surface area contributed by atoms with Crippen LogP contribution in [0.25, 0.3) is 11.1 Å². The number of carbonyl (C=O) groups is 5. The minimum absolute atomic E-state index is 0.0407. The summed E-state index contributed by atoms with van der Waals surface area (Å²) in [5, 5.41) is 3.04. The van der Waals surface area contributed by atoms with Gasteiger partial charge in [0.05, 0.1) is 18.5 Å². The fourth-order valence-electron chi connectivity index (χ4n) is 9.49. The number of para-hydroxylation sites is 1. The number of benzene rings is 2. The summed E-state index contributed by atoms with van der Waals surface area (Å²) in [6, 6.07) is 11.5. The molecule has 18 nitrogen and oxygen atoms in total. The van der Waals surface area contributed by atoms with Gasteiger partial charge in [-0.2, -0.15) is 0 Å². The summed E-state index contributed by atoms with van der Waals surface area (Å²) < 4.78 is 23.5. The van der Waals surface area contributed by atoms with Crippen LogP contribution in [0, 0.1) is 6.92 Å². The number of urea groups is 1. The number of rotatable bonds is 15. The fraction of sp³-hybridized carbons (Fsp3) is 0.609. The van der Waals surface area contributed by atoms with Crippen LogP contribution in [-0.4, -0.2) is 181 Å². The molecular formula is C46H64N8O10. The molecule has 4 aliphatic rings. The normalized spacial score (nSPS) is 18.5. The Morgan fingerprint density at radius 3 is 2.27 bits per heavy atom. The smallest absolute Gasteiger partial charge is 0.419 e. The third-order valence-corrected chi connectivity index (χ3v) is 13.3. The van der Waals surface area contributed by atoms with Crippen molar-refractivity contribution < 1.29 is 42.6 Å². The van der Waals surface area contributed by atoms with Gasteiger partial charge >= 0.3 is 23.8 Å². The molecule has 348 valence electrons. The summed E-state index contributed by atoms with van der Waals surface area (Å²) in [5.74, 6) is -1.19. The Balaban J connectivity index is 0.911. The van der Waals surface area contributed by atoms with E-state index in [0.717, 1.165) is 42.6 Å². The molecule has 0 aliphatic carbocycles. The number of likely N-dealkylation sites (N-methyl/N-ethyl adjacent to an activating group) is 1. The monoisotopic (exact) mass is 888 g/mol. The largest absolute Gasteiger partial charge is 0.464 e. The number of amides is 5. The number of oxazole rings is 1. The van der Waals surface area contributed by atoms with E-state index in [-0.39, 0.29) is 61.8 Å². The van der Waals surface area contributed by atoms with Gasteiger partial charge in [-0.05, 0) is 74.9 Å². The van der Waals surface area contributed by atoms with Crippen LogP contribution in [0.2, 0.25) is 0 Å². The van der Waals surface area contributed by atoms with Gasteiger partial charge < -0.3 is 48.4 Å². The Labute approximate surface area is 374 Å². The van der Waals surface area contributed by atoms with E-state index >= 15 is 0 Å². The summed E-state index contributed by atoms with van der Waals surface area (Å²) in [6.45, 7) is 8.94. The zero-order valence-electron chi connectivity index (χ0n) is 37.8. The summed E-state index contributed by atoms with van der Waals surface area (Å²) in [6.07, 6.45) is 1.95. The molecule has 64 heavy (non-hydrogen) atoms. The topological polar surface area (TPSA) is 180 Å². The van der Waals surface area contributed by atoms with E-state index in [0.29, 0.717) is 102 Å². The zero-order chi connectivity index (χ0) is 45.3. The number of piperidine rings is 2. The van der Waals surface area contributed by atoms with E-state index in [4.69, 9.17) is 18.6 Å². The van der Waals surface area contributed by atoms with Crippen molar-refractivity contribution in [3.63, 3.8) is 0 Å². The summed E-state index contributed by atoms with van der Waals surface area (Å²) >= 11 is 0. The van der Waals surface area contributed by atoms with Crippen molar-refractivity contribution in [3.8, 4) is 0 Å². The van der Waals surface area contributed by atoms with Crippen molar-refractivity contribution in [2.75, 3.05) is 105 Å². The molecule has 3 fully saturated rings. The van der Waals surface area contributed by atoms with Crippen LogP contribution in [-0.2, 0) is 48.5 Å². The number of aromatic nitrogens is 1. The molecule has 0 radical (unpaired) electrons. The number of piperazine rings is 1. The second-order valence-electron chi connectivity index (χ2n) is 17.5. The maximum atomic E-state index is 14.4. The zero-order valence-corrected chi connectivity index (χ0v) is 37.8. The lowest BCUT2D eigenvalue weighted by Gasteiger charge is -2.43. The number of methoxy groups -OCH3 is 1. The van der Waals surface area contributed by atoms with E-state index in [9.17, 15) is 28.8 Å². The van der Waals surface area contributed by atoms with Crippen LogP contribution in [0.3, 0.4) is 0 Å². The van der Waals surface area contributed by atoms with Crippen LogP contribution in [0.5, 0.6) is 0 Å². The highest BCUT2D eigenvalue weighted by atomic mass is 16.6. The van der Waals surface area contributed by atoms with Gasteiger partial charge in [0.1, 0.15) is 6.61 Å². The van der Waals surface area contributed by atoms with Gasteiger partial charge in [-0.1, -0.05) is 24.3 Å². The molecule has 18 heteroatoms. The summed E-state index contributed by atoms with van der Waals surface area (Å²) in [4.78, 5) is 90.6. The SMILES string of the molecule is COCCN(C)CCOC(=O)CCC(=O)N1CCN(C2CCN(C(=O)[C@@H](Cc3cc(C)c4c(c3)oc(=O)n4C)OC(=O)N3CCC(N4CCc5ccccc5NC4=O)CC3)CC2)CC1. The van der Waals surface area contributed by atoms with Crippen LogP contribution in [0.4, 0.5) is 15.3 Å². The standard InChI is InChI=1S/C46H64N8O10/c1-32-29-33(30-38-42(32)49(3)45(59)63-38)31-39(64-46(60)53-18-14-36(15-19-53)54-20-11-34-7-5-6-8-37(34)47-44(54)58)43(57)52-16-12-35(13-17-52)50-21-23-51(24-22-50)40(55)9-10-41(56)62-28-26-48(2)25-27-61-4/h5-8,29-30,35-36,39H,9-28,31H2,1-4H3,(H,47,58)/t39-/m1/s1.